The number of urea groups is 1. The van der Waals surface area contributed by atoms with Crippen molar-refractivity contribution in [3.63, 3.8) is 0 Å². The lowest BCUT2D eigenvalue weighted by Crippen LogP contribution is -2.48. The number of amides is 2. The van der Waals surface area contributed by atoms with Gasteiger partial charge in [-0.3, -0.25) is 4.90 Å². The van der Waals surface area contributed by atoms with Crippen molar-refractivity contribution >= 4 is 29.0 Å². The molecule has 38 heavy (non-hydrogen) atoms. The summed E-state index contributed by atoms with van der Waals surface area (Å²) in [5.74, 6) is -0.356. The number of esters is 1. The zero-order chi connectivity index (χ0) is 26.3. The van der Waals surface area contributed by atoms with Crippen molar-refractivity contribution in [2.45, 2.75) is 25.3 Å². The summed E-state index contributed by atoms with van der Waals surface area (Å²) in [5, 5.41) is 4.39. The van der Waals surface area contributed by atoms with Gasteiger partial charge in [0, 0.05) is 61.9 Å². The van der Waals surface area contributed by atoms with Crippen LogP contribution in [0.3, 0.4) is 0 Å². The average Bonchev–Trinajstić information content (AvgIpc) is 3.58. The summed E-state index contributed by atoms with van der Waals surface area (Å²) in [6, 6.07) is 15.1. The molecule has 1 atom stereocenters. The molecule has 2 aliphatic rings. The number of ether oxygens (including phenoxy) is 2. The highest BCUT2D eigenvalue weighted by atomic mass is 16.5. The first-order chi connectivity index (χ1) is 18.6. The molecule has 0 bridgehead atoms. The van der Waals surface area contributed by atoms with Gasteiger partial charge in [0.2, 0.25) is 0 Å². The highest BCUT2D eigenvalue weighted by molar-refractivity contribution is 5.87. The van der Waals surface area contributed by atoms with Crippen molar-refractivity contribution in [2.75, 3.05) is 53.0 Å². The molecular formula is C30H36N4O4. The van der Waals surface area contributed by atoms with Gasteiger partial charge in [0.15, 0.2) is 0 Å². The summed E-state index contributed by atoms with van der Waals surface area (Å²) >= 11 is 0. The molecule has 1 aliphatic carbocycles. The van der Waals surface area contributed by atoms with Gasteiger partial charge in [-0.15, -0.1) is 0 Å². The minimum absolute atomic E-state index is 0.0151. The first kappa shape index (κ1) is 26.0. The second-order valence-corrected chi connectivity index (χ2v) is 9.85. The van der Waals surface area contributed by atoms with E-state index in [1.54, 1.807) is 6.08 Å². The number of nitrogens with zero attached hydrogens (tertiary/aromatic N) is 2. The number of rotatable bonds is 9. The highest BCUT2D eigenvalue weighted by Crippen LogP contribution is 2.36. The van der Waals surface area contributed by atoms with Crippen molar-refractivity contribution in [2.24, 2.45) is 0 Å². The van der Waals surface area contributed by atoms with Gasteiger partial charge in [0.1, 0.15) is 0 Å². The number of H-pyrrole nitrogens is 1. The van der Waals surface area contributed by atoms with Crippen LogP contribution >= 0.6 is 0 Å². The van der Waals surface area contributed by atoms with Crippen LogP contribution in [-0.4, -0.2) is 79.8 Å². The van der Waals surface area contributed by atoms with E-state index in [9.17, 15) is 9.59 Å². The van der Waals surface area contributed by atoms with E-state index < -0.39 is 0 Å². The third kappa shape index (κ3) is 6.09. The molecule has 2 heterocycles. The Morgan fingerprint density at radius 1 is 1.18 bits per heavy atom. The second-order valence-electron chi connectivity index (χ2n) is 9.85. The SMILES string of the molecule is COC(=O)/C=C/c1ccc2c(c1)CCC2N(CCNC(=O)N1CCOCC1)CCc1c[nH]c2ccccc12. The predicted molar refractivity (Wildman–Crippen MR) is 148 cm³/mol. The van der Waals surface area contributed by atoms with Crippen LogP contribution in [0.1, 0.15) is 34.7 Å². The van der Waals surface area contributed by atoms with Crippen LogP contribution in [0.5, 0.6) is 0 Å². The van der Waals surface area contributed by atoms with Crippen molar-refractivity contribution in [1.82, 2.24) is 20.1 Å². The van der Waals surface area contributed by atoms with Gasteiger partial charge >= 0.3 is 12.0 Å². The first-order valence-electron chi connectivity index (χ1n) is 13.4. The van der Waals surface area contributed by atoms with Crippen LogP contribution in [0, 0.1) is 0 Å². The number of benzene rings is 2. The van der Waals surface area contributed by atoms with Crippen LogP contribution in [-0.2, 0) is 27.1 Å². The molecule has 2 amide bonds. The number of fused-ring (bicyclic) bond motifs is 2. The summed E-state index contributed by atoms with van der Waals surface area (Å²) in [6.45, 7) is 4.73. The maximum absolute atomic E-state index is 12.7. The molecule has 0 radical (unpaired) electrons. The van der Waals surface area contributed by atoms with Crippen LogP contribution in [0.15, 0.2) is 54.7 Å². The molecule has 8 nitrogen and oxygen atoms in total. The highest BCUT2D eigenvalue weighted by Gasteiger charge is 2.28. The van der Waals surface area contributed by atoms with Crippen molar-refractivity contribution in [3.8, 4) is 0 Å². The summed E-state index contributed by atoms with van der Waals surface area (Å²) < 4.78 is 10.1. The molecule has 2 aromatic carbocycles. The number of morpholine rings is 1. The predicted octanol–water partition coefficient (Wildman–Crippen LogP) is 3.93. The molecule has 200 valence electrons. The summed E-state index contributed by atoms with van der Waals surface area (Å²) in [5.41, 5.74) is 6.11. The van der Waals surface area contributed by atoms with E-state index in [1.165, 1.54) is 35.3 Å². The minimum Gasteiger partial charge on any atom is -0.466 e. The van der Waals surface area contributed by atoms with Crippen LogP contribution in [0.4, 0.5) is 4.79 Å². The number of aryl methyl sites for hydroxylation is 1. The number of methoxy groups -OCH3 is 1. The van der Waals surface area contributed by atoms with E-state index in [2.05, 4.69) is 63.9 Å². The van der Waals surface area contributed by atoms with E-state index in [0.717, 1.165) is 43.4 Å². The summed E-state index contributed by atoms with van der Waals surface area (Å²) in [4.78, 5) is 31.9. The molecule has 1 saturated heterocycles. The zero-order valence-electron chi connectivity index (χ0n) is 21.9. The molecular weight excluding hydrogens is 480 g/mol. The van der Waals surface area contributed by atoms with Crippen molar-refractivity contribution < 1.29 is 19.1 Å². The Morgan fingerprint density at radius 2 is 2.03 bits per heavy atom. The van der Waals surface area contributed by atoms with Crippen molar-refractivity contribution in [1.29, 1.82) is 0 Å². The Hall–Kier alpha value is -3.62. The zero-order valence-corrected chi connectivity index (χ0v) is 21.9. The van der Waals surface area contributed by atoms with Crippen LogP contribution in [0.25, 0.3) is 17.0 Å². The number of hydrogen-bond acceptors (Lipinski definition) is 5. The maximum Gasteiger partial charge on any atom is 0.330 e. The van der Waals surface area contributed by atoms with Crippen LogP contribution in [0.2, 0.25) is 0 Å². The lowest BCUT2D eigenvalue weighted by Gasteiger charge is -2.31. The Morgan fingerprint density at radius 3 is 2.87 bits per heavy atom. The Balaban J connectivity index is 1.29. The number of para-hydroxylation sites is 1. The van der Waals surface area contributed by atoms with Gasteiger partial charge in [-0.2, -0.15) is 0 Å². The minimum atomic E-state index is -0.356. The Bertz CT molecular complexity index is 1290. The van der Waals surface area contributed by atoms with Gasteiger partial charge in [-0.25, -0.2) is 9.59 Å². The molecule has 1 aromatic heterocycles. The lowest BCUT2D eigenvalue weighted by atomic mass is 10.0. The van der Waals surface area contributed by atoms with E-state index in [4.69, 9.17) is 9.47 Å². The molecule has 1 fully saturated rings. The fourth-order valence-electron chi connectivity index (χ4n) is 5.54. The fraction of sp³-hybridized carbons (Fsp3) is 0.400. The molecule has 8 heteroatoms. The maximum atomic E-state index is 12.7. The number of nitrogens with one attached hydrogen (secondary N) is 2. The number of aromatic amines is 1. The smallest absolute Gasteiger partial charge is 0.330 e. The quantitative estimate of drug-likeness (QED) is 0.333. The first-order valence-corrected chi connectivity index (χ1v) is 13.4. The topological polar surface area (TPSA) is 86.9 Å². The lowest BCUT2D eigenvalue weighted by molar-refractivity contribution is -0.134. The van der Waals surface area contributed by atoms with Gasteiger partial charge in [-0.1, -0.05) is 36.4 Å². The monoisotopic (exact) mass is 516 g/mol. The molecule has 0 saturated carbocycles. The second kappa shape index (κ2) is 12.3. The molecule has 2 N–H and O–H groups in total. The number of carbonyl (C=O) groups is 2. The van der Waals surface area contributed by atoms with E-state index in [0.29, 0.717) is 32.8 Å². The molecule has 1 unspecified atom stereocenters. The standard InChI is InChI=1S/C30H36N4O4/c1-37-29(35)11-7-22-6-9-26-23(20-22)8-10-28(26)33(15-13-31-30(36)34-16-18-38-19-17-34)14-12-24-21-32-27-5-3-2-4-25(24)27/h2-7,9,11,20-21,28,32H,8,10,12-19H2,1H3,(H,31,36)/b11-7+. The van der Waals surface area contributed by atoms with Gasteiger partial charge in [0.25, 0.3) is 0 Å². The summed E-state index contributed by atoms with van der Waals surface area (Å²) in [6.07, 6.45) is 8.32. The van der Waals surface area contributed by atoms with E-state index in [-0.39, 0.29) is 18.0 Å². The molecule has 1 aliphatic heterocycles. The van der Waals surface area contributed by atoms with Gasteiger partial charge in [0.05, 0.1) is 20.3 Å². The van der Waals surface area contributed by atoms with E-state index in [1.807, 2.05) is 4.90 Å². The third-order valence-electron chi connectivity index (χ3n) is 7.58. The molecule has 5 rings (SSSR count). The average molecular weight is 517 g/mol. The van der Waals surface area contributed by atoms with Crippen LogP contribution < -0.4 is 5.32 Å². The number of carbonyl (C=O) groups excluding carboxylic acids is 2. The molecule has 3 aromatic rings. The number of hydrogen-bond donors (Lipinski definition) is 2. The summed E-state index contributed by atoms with van der Waals surface area (Å²) in [7, 11) is 1.38. The van der Waals surface area contributed by atoms with Crippen molar-refractivity contribution in [3.05, 3.63) is 77.0 Å². The normalized spacial score (nSPS) is 17.3. The van der Waals surface area contributed by atoms with E-state index >= 15 is 0 Å². The fourth-order valence-corrected chi connectivity index (χ4v) is 5.54. The number of aromatic nitrogens is 1. The third-order valence-corrected chi connectivity index (χ3v) is 7.58. The van der Waals surface area contributed by atoms with Gasteiger partial charge < -0.3 is 24.7 Å². The largest absolute Gasteiger partial charge is 0.466 e. The Labute approximate surface area is 223 Å². The van der Waals surface area contributed by atoms with Gasteiger partial charge in [-0.05, 0) is 53.7 Å². The molecule has 0 spiro atoms. The Kier molecular flexibility index (Phi) is 8.41.